The van der Waals surface area contributed by atoms with Crippen molar-refractivity contribution in [3.63, 3.8) is 0 Å². The lowest BCUT2D eigenvalue weighted by Gasteiger charge is -2.08. The van der Waals surface area contributed by atoms with Crippen molar-refractivity contribution in [3.05, 3.63) is 29.0 Å². The van der Waals surface area contributed by atoms with Gasteiger partial charge in [-0.3, -0.25) is 0 Å². The highest BCUT2D eigenvalue weighted by atomic mass is 32.1. The van der Waals surface area contributed by atoms with E-state index in [1.165, 1.54) is 0 Å². The Morgan fingerprint density at radius 1 is 1.13 bits per heavy atom. The molecule has 0 amide bonds. The van der Waals surface area contributed by atoms with Crippen molar-refractivity contribution in [2.24, 2.45) is 0 Å². The fourth-order valence-electron chi connectivity index (χ4n) is 1.51. The zero-order valence-corrected chi connectivity index (χ0v) is 9.35. The quantitative estimate of drug-likeness (QED) is 0.792. The fraction of sp³-hybridized carbons (Fsp3) is 0.182. The number of nitrogens with one attached hydrogen (secondary N) is 1. The van der Waals surface area contributed by atoms with Gasteiger partial charge in [0.15, 0.2) is 11.5 Å². The Labute approximate surface area is 92.6 Å². The van der Waals surface area contributed by atoms with E-state index in [1.54, 1.807) is 14.2 Å². The molecule has 3 nitrogen and oxygen atoms in total. The molecular formula is C11H11NO2S. The van der Waals surface area contributed by atoms with Crippen molar-refractivity contribution in [2.75, 3.05) is 14.2 Å². The Morgan fingerprint density at radius 3 is 2.47 bits per heavy atom. The molecule has 0 aliphatic carbocycles. The van der Waals surface area contributed by atoms with Crippen molar-refractivity contribution in [1.29, 1.82) is 0 Å². The number of pyridine rings is 1. The molecule has 0 unspecified atom stereocenters. The third-order valence-electron chi connectivity index (χ3n) is 2.28. The number of hydrogen-bond acceptors (Lipinski definition) is 3. The molecule has 0 radical (unpaired) electrons. The molecule has 0 saturated carbocycles. The van der Waals surface area contributed by atoms with Crippen molar-refractivity contribution in [1.82, 2.24) is 4.98 Å². The second-order valence-corrected chi connectivity index (χ2v) is 3.51. The second-order valence-electron chi connectivity index (χ2n) is 3.10. The normalized spacial score (nSPS) is 10.3. The maximum absolute atomic E-state index is 5.21. The smallest absolute Gasteiger partial charge is 0.161 e. The minimum atomic E-state index is 0.690. The zero-order valence-electron chi connectivity index (χ0n) is 8.53. The van der Waals surface area contributed by atoms with Crippen LogP contribution in [0.5, 0.6) is 11.5 Å². The molecule has 15 heavy (non-hydrogen) atoms. The molecule has 0 fully saturated rings. The van der Waals surface area contributed by atoms with E-state index in [0.29, 0.717) is 16.1 Å². The first kappa shape index (κ1) is 9.98. The molecule has 1 aromatic carbocycles. The predicted molar refractivity (Wildman–Crippen MR) is 62.2 cm³/mol. The number of aromatic amines is 1. The van der Waals surface area contributed by atoms with Crippen LogP contribution in [-0.4, -0.2) is 19.2 Å². The standard InChI is InChI=1S/C11H11NO2S/c1-13-9-5-7-3-4-12-11(15)8(7)6-10(9)14-2/h3-6H,1-2H3,(H,12,15). The van der Waals surface area contributed by atoms with E-state index in [9.17, 15) is 0 Å². The summed E-state index contributed by atoms with van der Waals surface area (Å²) in [6.45, 7) is 0. The first-order valence-corrected chi connectivity index (χ1v) is 4.90. The number of aromatic nitrogens is 1. The van der Waals surface area contributed by atoms with Gasteiger partial charge in [-0.05, 0) is 23.6 Å². The van der Waals surface area contributed by atoms with Crippen LogP contribution in [0.2, 0.25) is 0 Å². The second kappa shape index (κ2) is 3.90. The van der Waals surface area contributed by atoms with Gasteiger partial charge in [-0.15, -0.1) is 0 Å². The van der Waals surface area contributed by atoms with Crippen LogP contribution in [-0.2, 0) is 0 Å². The minimum Gasteiger partial charge on any atom is -0.493 e. The number of rotatable bonds is 2. The summed E-state index contributed by atoms with van der Waals surface area (Å²) in [7, 11) is 3.23. The summed E-state index contributed by atoms with van der Waals surface area (Å²) in [4.78, 5) is 2.98. The van der Waals surface area contributed by atoms with Crippen LogP contribution in [0.15, 0.2) is 24.4 Å². The van der Waals surface area contributed by atoms with Crippen molar-refractivity contribution in [2.45, 2.75) is 0 Å². The summed E-state index contributed by atoms with van der Waals surface area (Å²) in [5, 5.41) is 2.00. The molecule has 0 aliphatic heterocycles. The zero-order chi connectivity index (χ0) is 10.8. The first-order valence-electron chi connectivity index (χ1n) is 4.49. The highest BCUT2D eigenvalue weighted by molar-refractivity contribution is 7.71. The van der Waals surface area contributed by atoms with E-state index in [0.717, 1.165) is 10.8 Å². The third kappa shape index (κ3) is 1.68. The van der Waals surface area contributed by atoms with Crippen molar-refractivity contribution in [3.8, 4) is 11.5 Å². The molecule has 0 bridgehead atoms. The van der Waals surface area contributed by atoms with Gasteiger partial charge >= 0.3 is 0 Å². The van der Waals surface area contributed by atoms with Gasteiger partial charge in [-0.1, -0.05) is 12.2 Å². The Morgan fingerprint density at radius 2 is 1.80 bits per heavy atom. The molecule has 1 heterocycles. The lowest BCUT2D eigenvalue weighted by Crippen LogP contribution is -1.91. The largest absolute Gasteiger partial charge is 0.493 e. The van der Waals surface area contributed by atoms with E-state index >= 15 is 0 Å². The molecule has 2 aromatic rings. The van der Waals surface area contributed by atoms with Crippen LogP contribution in [0.1, 0.15) is 0 Å². The van der Waals surface area contributed by atoms with Crippen molar-refractivity contribution < 1.29 is 9.47 Å². The monoisotopic (exact) mass is 221 g/mol. The van der Waals surface area contributed by atoms with E-state index in [-0.39, 0.29) is 0 Å². The third-order valence-corrected chi connectivity index (χ3v) is 2.62. The Hall–Kier alpha value is -1.55. The summed E-state index contributed by atoms with van der Waals surface area (Å²) in [6, 6.07) is 5.75. The molecule has 1 N–H and O–H groups in total. The van der Waals surface area contributed by atoms with Gasteiger partial charge in [0.2, 0.25) is 0 Å². The Balaban J connectivity index is 2.81. The number of methoxy groups -OCH3 is 2. The number of hydrogen-bond donors (Lipinski definition) is 1. The molecular weight excluding hydrogens is 210 g/mol. The Kier molecular flexibility index (Phi) is 2.60. The summed E-state index contributed by atoms with van der Waals surface area (Å²) < 4.78 is 11.1. The molecule has 78 valence electrons. The average Bonchev–Trinajstić information content (AvgIpc) is 2.28. The number of benzene rings is 1. The van der Waals surface area contributed by atoms with Crippen LogP contribution < -0.4 is 9.47 Å². The van der Waals surface area contributed by atoms with Crippen LogP contribution in [0.25, 0.3) is 10.8 Å². The minimum absolute atomic E-state index is 0.690. The predicted octanol–water partition coefficient (Wildman–Crippen LogP) is 2.91. The van der Waals surface area contributed by atoms with E-state index in [4.69, 9.17) is 21.7 Å². The molecule has 0 spiro atoms. The average molecular weight is 221 g/mol. The summed E-state index contributed by atoms with van der Waals surface area (Å²) in [6.07, 6.45) is 1.82. The van der Waals surface area contributed by atoms with E-state index < -0.39 is 0 Å². The number of ether oxygens (including phenoxy) is 2. The van der Waals surface area contributed by atoms with Crippen LogP contribution in [0.4, 0.5) is 0 Å². The van der Waals surface area contributed by atoms with Gasteiger partial charge in [-0.2, -0.15) is 0 Å². The van der Waals surface area contributed by atoms with Gasteiger partial charge < -0.3 is 14.5 Å². The molecule has 4 heteroatoms. The van der Waals surface area contributed by atoms with Crippen molar-refractivity contribution >= 4 is 23.0 Å². The molecule has 1 aromatic heterocycles. The summed E-state index contributed by atoms with van der Waals surface area (Å²) in [5.74, 6) is 1.40. The SMILES string of the molecule is COc1cc2cc[nH]c(=S)c2cc1OC. The lowest BCUT2D eigenvalue weighted by atomic mass is 10.1. The Bertz CT molecular complexity index is 548. The molecule has 0 saturated heterocycles. The van der Waals surface area contributed by atoms with Gasteiger partial charge in [0.1, 0.15) is 4.64 Å². The molecule has 0 aliphatic rings. The highest BCUT2D eigenvalue weighted by Gasteiger charge is 2.05. The highest BCUT2D eigenvalue weighted by Crippen LogP contribution is 2.31. The topological polar surface area (TPSA) is 34.2 Å². The van der Waals surface area contributed by atoms with Crippen LogP contribution in [0.3, 0.4) is 0 Å². The maximum atomic E-state index is 5.21. The van der Waals surface area contributed by atoms with Gasteiger partial charge in [0.25, 0.3) is 0 Å². The maximum Gasteiger partial charge on any atom is 0.161 e. The fourth-order valence-corrected chi connectivity index (χ4v) is 1.76. The van der Waals surface area contributed by atoms with E-state index in [2.05, 4.69) is 4.98 Å². The van der Waals surface area contributed by atoms with Gasteiger partial charge in [0.05, 0.1) is 14.2 Å². The summed E-state index contributed by atoms with van der Waals surface area (Å²) >= 11 is 5.19. The molecule has 0 atom stereocenters. The number of fused-ring (bicyclic) bond motifs is 1. The summed E-state index contributed by atoms with van der Waals surface area (Å²) in [5.41, 5.74) is 0. The first-order chi connectivity index (χ1) is 7.26. The number of H-pyrrole nitrogens is 1. The van der Waals surface area contributed by atoms with Crippen LogP contribution in [0, 0.1) is 4.64 Å². The molecule has 2 rings (SSSR count). The lowest BCUT2D eigenvalue weighted by molar-refractivity contribution is 0.356. The van der Waals surface area contributed by atoms with Crippen LogP contribution >= 0.6 is 12.2 Å². The van der Waals surface area contributed by atoms with Gasteiger partial charge in [0, 0.05) is 11.6 Å². The van der Waals surface area contributed by atoms with Gasteiger partial charge in [-0.25, -0.2) is 0 Å². The van der Waals surface area contributed by atoms with E-state index in [1.807, 2.05) is 24.4 Å².